The van der Waals surface area contributed by atoms with Gasteiger partial charge in [0.15, 0.2) is 0 Å². The summed E-state index contributed by atoms with van der Waals surface area (Å²) in [6.45, 7) is 4.86. The quantitative estimate of drug-likeness (QED) is 0.850. The summed E-state index contributed by atoms with van der Waals surface area (Å²) in [4.78, 5) is 25.9. The minimum atomic E-state index is 0.236. The van der Waals surface area contributed by atoms with E-state index in [1.165, 1.54) is 12.8 Å². The van der Waals surface area contributed by atoms with Gasteiger partial charge in [-0.3, -0.25) is 19.7 Å². The third kappa shape index (κ3) is 3.93. The van der Waals surface area contributed by atoms with Crippen LogP contribution in [0.4, 0.5) is 0 Å². The van der Waals surface area contributed by atoms with Gasteiger partial charge in [0.05, 0.1) is 12.1 Å². The highest BCUT2D eigenvalue weighted by Crippen LogP contribution is 2.39. The molecule has 2 aromatic rings. The highest BCUT2D eigenvalue weighted by atomic mass is 16.2. The molecule has 2 fully saturated rings. The number of likely N-dealkylation sites (tertiary alicyclic amines) is 2. The van der Waals surface area contributed by atoms with Crippen molar-refractivity contribution in [2.24, 2.45) is 5.41 Å². The van der Waals surface area contributed by atoms with Gasteiger partial charge >= 0.3 is 0 Å². The molecule has 5 nitrogen and oxygen atoms in total. The van der Waals surface area contributed by atoms with Crippen molar-refractivity contribution in [3.05, 3.63) is 60.2 Å². The fraction of sp³-hybridized carbons (Fsp3) is 0.476. The van der Waals surface area contributed by atoms with Gasteiger partial charge in [-0.25, -0.2) is 0 Å². The normalized spacial score (nSPS) is 23.5. The molecule has 2 saturated heterocycles. The van der Waals surface area contributed by atoms with E-state index in [-0.39, 0.29) is 11.3 Å². The highest BCUT2D eigenvalue weighted by Gasteiger charge is 2.42. The Bertz CT molecular complexity index is 736. The van der Waals surface area contributed by atoms with Crippen LogP contribution in [-0.2, 0) is 17.8 Å². The summed E-state index contributed by atoms with van der Waals surface area (Å²) in [7, 11) is 0. The standard InChI is InChI=1S/C21H26N4O/c26-20(13-18-5-3-9-22-14-18)25-11-4-7-21(17-25)8-12-24(16-21)15-19-6-1-2-10-23-19/h1-3,5-6,9-10,14H,4,7-8,11-13,15-17H2/t21-/m0/s1. The van der Waals surface area contributed by atoms with Crippen LogP contribution in [0.25, 0.3) is 0 Å². The number of pyridine rings is 2. The molecule has 1 amide bonds. The van der Waals surface area contributed by atoms with Crippen LogP contribution in [0.2, 0.25) is 0 Å². The van der Waals surface area contributed by atoms with E-state index in [1.54, 1.807) is 12.4 Å². The zero-order valence-electron chi connectivity index (χ0n) is 15.2. The van der Waals surface area contributed by atoms with Gasteiger partial charge in [-0.15, -0.1) is 0 Å². The minimum Gasteiger partial charge on any atom is -0.342 e. The van der Waals surface area contributed by atoms with Gasteiger partial charge in [0.25, 0.3) is 0 Å². The lowest BCUT2D eigenvalue weighted by Gasteiger charge is -2.40. The molecule has 2 aromatic heterocycles. The Hall–Kier alpha value is -2.27. The van der Waals surface area contributed by atoms with Crippen molar-refractivity contribution in [2.45, 2.75) is 32.2 Å². The SMILES string of the molecule is O=C(Cc1cccnc1)N1CCC[C@@]2(CCN(Cc3ccccn3)C2)C1. The molecule has 2 aliphatic rings. The first-order chi connectivity index (χ1) is 12.7. The van der Waals surface area contributed by atoms with Gasteiger partial charge in [-0.1, -0.05) is 12.1 Å². The molecular weight excluding hydrogens is 324 g/mol. The van der Waals surface area contributed by atoms with Crippen molar-refractivity contribution in [3.63, 3.8) is 0 Å². The van der Waals surface area contributed by atoms with Gasteiger partial charge in [-0.2, -0.15) is 0 Å². The maximum Gasteiger partial charge on any atom is 0.227 e. The second kappa shape index (κ2) is 7.54. The second-order valence-corrected chi connectivity index (χ2v) is 7.74. The number of amides is 1. The van der Waals surface area contributed by atoms with E-state index >= 15 is 0 Å². The van der Waals surface area contributed by atoms with Crippen LogP contribution >= 0.6 is 0 Å². The van der Waals surface area contributed by atoms with Gasteiger partial charge in [0.2, 0.25) is 5.91 Å². The minimum absolute atomic E-state index is 0.236. The van der Waals surface area contributed by atoms with Crippen LogP contribution in [-0.4, -0.2) is 51.9 Å². The van der Waals surface area contributed by atoms with Crippen LogP contribution in [0.3, 0.4) is 0 Å². The Kier molecular flexibility index (Phi) is 4.98. The Morgan fingerprint density at radius 2 is 2.04 bits per heavy atom. The summed E-state index contributed by atoms with van der Waals surface area (Å²) in [6.07, 6.45) is 9.37. The fourth-order valence-corrected chi connectivity index (χ4v) is 4.43. The fourth-order valence-electron chi connectivity index (χ4n) is 4.43. The molecule has 1 atom stereocenters. The Labute approximate surface area is 155 Å². The van der Waals surface area contributed by atoms with Gasteiger partial charge in [-0.05, 0) is 49.6 Å². The van der Waals surface area contributed by atoms with Crippen LogP contribution in [0, 0.1) is 5.41 Å². The number of carbonyl (C=O) groups excluding carboxylic acids is 1. The number of hydrogen-bond acceptors (Lipinski definition) is 4. The molecule has 0 N–H and O–H groups in total. The lowest BCUT2D eigenvalue weighted by Crippen LogP contribution is -2.47. The summed E-state index contributed by atoms with van der Waals surface area (Å²) in [6, 6.07) is 9.98. The smallest absolute Gasteiger partial charge is 0.227 e. The molecule has 4 heterocycles. The molecule has 0 saturated carbocycles. The molecular formula is C21H26N4O. The summed E-state index contributed by atoms with van der Waals surface area (Å²) >= 11 is 0. The van der Waals surface area contributed by atoms with E-state index in [0.29, 0.717) is 6.42 Å². The first-order valence-corrected chi connectivity index (χ1v) is 9.51. The van der Waals surface area contributed by atoms with Crippen molar-refractivity contribution in [1.29, 1.82) is 0 Å². The van der Waals surface area contributed by atoms with Gasteiger partial charge < -0.3 is 4.90 Å². The van der Waals surface area contributed by atoms with E-state index in [1.807, 2.05) is 30.5 Å². The molecule has 136 valence electrons. The number of carbonyl (C=O) groups is 1. The molecule has 1 spiro atoms. The number of hydrogen-bond donors (Lipinski definition) is 0. The number of aromatic nitrogens is 2. The maximum atomic E-state index is 12.8. The molecule has 0 radical (unpaired) electrons. The van der Waals surface area contributed by atoms with Crippen LogP contribution < -0.4 is 0 Å². The predicted octanol–water partition coefficient (Wildman–Crippen LogP) is 2.53. The molecule has 4 rings (SSSR count). The topological polar surface area (TPSA) is 49.3 Å². The van der Waals surface area contributed by atoms with Crippen LogP contribution in [0.5, 0.6) is 0 Å². The predicted molar refractivity (Wildman–Crippen MR) is 100 cm³/mol. The zero-order chi connectivity index (χ0) is 17.8. The van der Waals surface area contributed by atoms with Crippen molar-refractivity contribution < 1.29 is 4.79 Å². The Morgan fingerprint density at radius 3 is 2.85 bits per heavy atom. The number of piperidine rings is 1. The van der Waals surface area contributed by atoms with Crippen molar-refractivity contribution in [3.8, 4) is 0 Å². The summed E-state index contributed by atoms with van der Waals surface area (Å²) in [5.74, 6) is 0.236. The lowest BCUT2D eigenvalue weighted by atomic mass is 9.79. The van der Waals surface area contributed by atoms with E-state index in [9.17, 15) is 4.79 Å². The molecule has 0 bridgehead atoms. The molecule has 26 heavy (non-hydrogen) atoms. The summed E-state index contributed by atoms with van der Waals surface area (Å²) in [5, 5.41) is 0. The van der Waals surface area contributed by atoms with Gasteiger partial charge in [0, 0.05) is 50.2 Å². The van der Waals surface area contributed by atoms with Crippen molar-refractivity contribution in [2.75, 3.05) is 26.2 Å². The zero-order valence-corrected chi connectivity index (χ0v) is 15.2. The molecule has 0 aromatic carbocycles. The second-order valence-electron chi connectivity index (χ2n) is 7.74. The third-order valence-corrected chi connectivity index (χ3v) is 5.72. The van der Waals surface area contributed by atoms with E-state index < -0.39 is 0 Å². The first-order valence-electron chi connectivity index (χ1n) is 9.51. The van der Waals surface area contributed by atoms with Crippen molar-refractivity contribution in [1.82, 2.24) is 19.8 Å². The van der Waals surface area contributed by atoms with E-state index in [0.717, 1.165) is 50.4 Å². The highest BCUT2D eigenvalue weighted by molar-refractivity contribution is 5.78. The lowest BCUT2D eigenvalue weighted by molar-refractivity contribution is -0.133. The molecule has 5 heteroatoms. The third-order valence-electron chi connectivity index (χ3n) is 5.72. The maximum absolute atomic E-state index is 12.8. The molecule has 2 aliphatic heterocycles. The van der Waals surface area contributed by atoms with Crippen molar-refractivity contribution >= 4 is 5.91 Å². The monoisotopic (exact) mass is 350 g/mol. The Morgan fingerprint density at radius 1 is 1.08 bits per heavy atom. The summed E-state index contributed by atoms with van der Waals surface area (Å²) < 4.78 is 0. The van der Waals surface area contributed by atoms with Crippen LogP contribution in [0.1, 0.15) is 30.5 Å². The molecule has 0 unspecified atom stereocenters. The number of rotatable bonds is 4. The van der Waals surface area contributed by atoms with Gasteiger partial charge in [0.1, 0.15) is 0 Å². The Balaban J connectivity index is 1.36. The van der Waals surface area contributed by atoms with E-state index in [2.05, 4.69) is 25.8 Å². The average Bonchev–Trinajstić information content (AvgIpc) is 3.05. The first kappa shape index (κ1) is 17.2. The van der Waals surface area contributed by atoms with E-state index in [4.69, 9.17) is 0 Å². The molecule has 0 aliphatic carbocycles. The average molecular weight is 350 g/mol. The summed E-state index contributed by atoms with van der Waals surface area (Å²) in [5.41, 5.74) is 2.39. The largest absolute Gasteiger partial charge is 0.342 e. The van der Waals surface area contributed by atoms with Crippen LogP contribution in [0.15, 0.2) is 48.9 Å². The number of nitrogens with zero attached hydrogens (tertiary/aromatic N) is 4.